The van der Waals surface area contributed by atoms with Gasteiger partial charge in [0, 0.05) is 30.3 Å². The molecule has 5 rings (SSSR count). The molecular formula is C28H41F2O6PS. The zero-order valence-corrected chi connectivity index (χ0v) is 24.9. The summed E-state index contributed by atoms with van der Waals surface area (Å²) in [6.45, 7) is 11.2. The third-order valence-corrected chi connectivity index (χ3v) is 11.8. The van der Waals surface area contributed by atoms with E-state index in [-0.39, 0.29) is 47.6 Å². The van der Waals surface area contributed by atoms with Crippen LogP contribution >= 0.6 is 20.1 Å². The van der Waals surface area contributed by atoms with E-state index < -0.39 is 48.9 Å². The number of epoxide rings is 1. The van der Waals surface area contributed by atoms with Gasteiger partial charge in [-0.05, 0) is 69.4 Å². The SMILES string of the molecule is CCOP(CC)OCC.CSC(=O)C[C@]12OC13CC(O)[C@@]1(F)C(C[C@H](F)C4=CC(=O)C=CC41C)[C@@H]3C[C@H]2C. The molecule has 38 heavy (non-hydrogen) atoms. The molecular weight excluding hydrogens is 533 g/mol. The first-order chi connectivity index (χ1) is 17.9. The summed E-state index contributed by atoms with van der Waals surface area (Å²) in [5.74, 6) is -1.32. The molecule has 10 heteroatoms. The van der Waals surface area contributed by atoms with Crippen molar-refractivity contribution in [2.75, 3.05) is 25.6 Å². The van der Waals surface area contributed by atoms with Gasteiger partial charge in [-0.1, -0.05) is 31.7 Å². The highest BCUT2D eigenvalue weighted by molar-refractivity contribution is 8.13. The molecule has 0 amide bonds. The van der Waals surface area contributed by atoms with Crippen LogP contribution in [0.25, 0.3) is 0 Å². The molecule has 0 bridgehead atoms. The van der Waals surface area contributed by atoms with Crippen LogP contribution in [0.5, 0.6) is 0 Å². The van der Waals surface area contributed by atoms with Gasteiger partial charge in [-0.2, -0.15) is 0 Å². The molecule has 0 aromatic heterocycles. The van der Waals surface area contributed by atoms with Gasteiger partial charge in [0.1, 0.15) is 17.4 Å². The average molecular weight is 575 g/mol. The van der Waals surface area contributed by atoms with Crippen molar-refractivity contribution in [2.24, 2.45) is 23.2 Å². The Hall–Kier alpha value is -0.700. The van der Waals surface area contributed by atoms with Gasteiger partial charge in [0.25, 0.3) is 0 Å². The number of aliphatic hydroxyl groups is 1. The summed E-state index contributed by atoms with van der Waals surface area (Å²) < 4.78 is 48.9. The van der Waals surface area contributed by atoms with Crippen molar-refractivity contribution in [1.82, 2.24) is 0 Å². The lowest BCUT2D eigenvalue weighted by Gasteiger charge is -2.59. The van der Waals surface area contributed by atoms with Gasteiger partial charge in [-0.3, -0.25) is 9.59 Å². The predicted molar refractivity (Wildman–Crippen MR) is 145 cm³/mol. The number of ether oxygens (including phenoxy) is 1. The zero-order valence-electron chi connectivity index (χ0n) is 23.2. The number of hydrogen-bond donors (Lipinski definition) is 1. The van der Waals surface area contributed by atoms with E-state index in [4.69, 9.17) is 13.8 Å². The lowest BCUT2D eigenvalue weighted by molar-refractivity contribution is -0.187. The molecule has 1 heterocycles. The highest BCUT2D eigenvalue weighted by Crippen LogP contribution is 2.77. The molecule has 0 aromatic carbocycles. The Morgan fingerprint density at radius 1 is 1.24 bits per heavy atom. The minimum atomic E-state index is -2.08. The number of aliphatic hydroxyl groups excluding tert-OH is 1. The smallest absolute Gasteiger partial charge is 0.191 e. The molecule has 9 atom stereocenters. The zero-order chi connectivity index (χ0) is 28.1. The third kappa shape index (κ3) is 4.39. The van der Waals surface area contributed by atoms with Gasteiger partial charge in [0.05, 0.1) is 19.3 Å². The second kappa shape index (κ2) is 10.9. The monoisotopic (exact) mass is 574 g/mol. The summed E-state index contributed by atoms with van der Waals surface area (Å²) in [6.07, 6.45) is 4.75. The number of allylic oxidation sites excluding steroid dienone is 4. The molecule has 4 unspecified atom stereocenters. The van der Waals surface area contributed by atoms with Crippen LogP contribution in [0.4, 0.5) is 8.78 Å². The van der Waals surface area contributed by atoms with Crippen LogP contribution in [0.3, 0.4) is 0 Å². The number of rotatable bonds is 7. The molecule has 1 aliphatic heterocycles. The normalized spacial score (nSPS) is 44.3. The van der Waals surface area contributed by atoms with Crippen LogP contribution in [0.15, 0.2) is 23.8 Å². The van der Waals surface area contributed by atoms with E-state index in [0.717, 1.165) is 31.1 Å². The van der Waals surface area contributed by atoms with Crippen molar-refractivity contribution in [3.63, 3.8) is 0 Å². The Morgan fingerprint density at radius 2 is 1.89 bits per heavy atom. The molecule has 3 saturated carbocycles. The van der Waals surface area contributed by atoms with Gasteiger partial charge >= 0.3 is 0 Å². The lowest BCUT2D eigenvalue weighted by atomic mass is 9.47. The van der Waals surface area contributed by atoms with Crippen molar-refractivity contribution < 1.29 is 37.3 Å². The molecule has 0 radical (unpaired) electrons. The van der Waals surface area contributed by atoms with E-state index in [2.05, 4.69) is 6.92 Å². The van der Waals surface area contributed by atoms with E-state index in [1.54, 1.807) is 13.2 Å². The number of fused-ring (bicyclic) bond motifs is 4. The molecule has 1 saturated heterocycles. The van der Waals surface area contributed by atoms with Crippen LogP contribution < -0.4 is 0 Å². The number of halogens is 2. The standard InChI is InChI=1S/C22H26F2O4S.C6H15O2P/c1-11-6-13-14-8-16(23)15-7-12(25)4-5-19(15,2)22(14,24)17(26)9-21(13)20(11,28-21)10-18(27)29-3;1-4-7-9(6-3)8-5-2/h4-5,7,11,13-14,16-17,26H,6,8-10H2,1-3H3;4-6H2,1-3H3/t11-,13+,14?,16+,17?,19?,20-,21?,22+;/m1./s1. The van der Waals surface area contributed by atoms with Gasteiger partial charge in [0.2, 0.25) is 0 Å². The highest BCUT2D eigenvalue weighted by atomic mass is 32.2. The Labute approximate surface area is 230 Å². The molecule has 214 valence electrons. The second-order valence-electron chi connectivity index (χ2n) is 11.2. The van der Waals surface area contributed by atoms with Gasteiger partial charge < -0.3 is 18.9 Å². The molecule has 6 nitrogen and oxygen atoms in total. The van der Waals surface area contributed by atoms with Crippen LogP contribution in [0.2, 0.25) is 0 Å². The Morgan fingerprint density at radius 3 is 2.47 bits per heavy atom. The molecule has 5 aliphatic rings. The number of ketones is 1. The van der Waals surface area contributed by atoms with Crippen LogP contribution in [-0.4, -0.2) is 70.8 Å². The van der Waals surface area contributed by atoms with Crippen LogP contribution in [-0.2, 0) is 23.4 Å². The summed E-state index contributed by atoms with van der Waals surface area (Å²) in [5, 5.41) is 11.2. The maximum Gasteiger partial charge on any atom is 0.191 e. The fourth-order valence-corrected chi connectivity index (χ4v) is 9.21. The van der Waals surface area contributed by atoms with Crippen LogP contribution in [0, 0.1) is 23.2 Å². The molecule has 4 fully saturated rings. The first-order valence-electron chi connectivity index (χ1n) is 13.7. The fourth-order valence-electron chi connectivity index (χ4n) is 7.83. The van der Waals surface area contributed by atoms with E-state index in [9.17, 15) is 14.7 Å². The van der Waals surface area contributed by atoms with Crippen LogP contribution in [0.1, 0.15) is 60.3 Å². The quantitative estimate of drug-likeness (QED) is 0.307. The van der Waals surface area contributed by atoms with E-state index >= 15 is 8.78 Å². The predicted octanol–water partition coefficient (Wildman–Crippen LogP) is 5.72. The fraction of sp³-hybridized carbons (Fsp3) is 0.786. The van der Waals surface area contributed by atoms with Crippen molar-refractivity contribution in [3.8, 4) is 0 Å². The Kier molecular flexibility index (Phi) is 8.71. The first kappa shape index (κ1) is 30.3. The van der Waals surface area contributed by atoms with Crippen molar-refractivity contribution in [3.05, 3.63) is 23.8 Å². The minimum absolute atomic E-state index is 0.0128. The molecule has 4 aliphatic carbocycles. The summed E-state index contributed by atoms with van der Waals surface area (Å²) in [6, 6.07) is 0. The number of carbonyl (C=O) groups excluding carboxylic acids is 2. The average Bonchev–Trinajstić information content (AvgIpc) is 3.45. The topological polar surface area (TPSA) is 85.4 Å². The Balaban J connectivity index is 0.000000323. The lowest BCUT2D eigenvalue weighted by Crippen LogP contribution is -2.68. The van der Waals surface area contributed by atoms with E-state index in [1.165, 1.54) is 18.2 Å². The minimum Gasteiger partial charge on any atom is -0.390 e. The van der Waals surface area contributed by atoms with Gasteiger partial charge in [-0.25, -0.2) is 8.78 Å². The summed E-state index contributed by atoms with van der Waals surface area (Å²) in [5.41, 5.74) is -4.77. The van der Waals surface area contributed by atoms with Gasteiger partial charge in [-0.15, -0.1) is 0 Å². The summed E-state index contributed by atoms with van der Waals surface area (Å²) >= 11 is 1.15. The second-order valence-corrected chi connectivity index (χ2v) is 13.9. The molecule has 1 N–H and O–H groups in total. The van der Waals surface area contributed by atoms with E-state index in [0.29, 0.717) is 6.42 Å². The van der Waals surface area contributed by atoms with Crippen molar-refractivity contribution >= 4 is 31.0 Å². The number of carbonyl (C=O) groups is 2. The molecule has 0 aromatic rings. The maximum absolute atomic E-state index is 16.9. The number of thioether (sulfide) groups is 1. The highest BCUT2D eigenvalue weighted by Gasteiger charge is 2.86. The first-order valence-corrected chi connectivity index (χ1v) is 16.3. The Bertz CT molecular complexity index is 1000. The third-order valence-electron chi connectivity index (χ3n) is 9.56. The van der Waals surface area contributed by atoms with E-state index in [1.807, 2.05) is 20.8 Å². The number of hydrogen-bond acceptors (Lipinski definition) is 7. The maximum atomic E-state index is 16.9. The molecule has 1 spiro atoms. The van der Waals surface area contributed by atoms with Gasteiger partial charge in [0.15, 0.2) is 24.9 Å². The summed E-state index contributed by atoms with van der Waals surface area (Å²) in [7, 11) is -0.559. The largest absolute Gasteiger partial charge is 0.390 e. The van der Waals surface area contributed by atoms with Crippen molar-refractivity contribution in [2.45, 2.75) is 89.4 Å². The summed E-state index contributed by atoms with van der Waals surface area (Å²) in [4.78, 5) is 24.0. The number of alkyl halides is 2. The van der Waals surface area contributed by atoms with Crippen molar-refractivity contribution in [1.29, 1.82) is 0 Å².